The summed E-state index contributed by atoms with van der Waals surface area (Å²) < 4.78 is 28.1. The quantitative estimate of drug-likeness (QED) is 0.706. The average molecular weight is 417 g/mol. The summed E-state index contributed by atoms with van der Waals surface area (Å²) in [5.41, 5.74) is 3.34. The first kappa shape index (κ1) is 19.0. The molecule has 2 aromatic heterocycles. The lowest BCUT2D eigenvalue weighted by Crippen LogP contribution is -2.46. The van der Waals surface area contributed by atoms with Crippen molar-refractivity contribution in [3.8, 4) is 0 Å². The maximum absolute atomic E-state index is 12.8. The largest absolute Gasteiger partial charge is 0.326 e. The van der Waals surface area contributed by atoms with Gasteiger partial charge in [0.25, 0.3) is 0 Å². The molecule has 1 amide bonds. The highest BCUT2D eigenvalue weighted by Gasteiger charge is 2.36. The fraction of sp³-hybridized carbons (Fsp3) is 0.316. The van der Waals surface area contributed by atoms with Crippen LogP contribution in [0.3, 0.4) is 0 Å². The average Bonchev–Trinajstić information content (AvgIpc) is 3.16. The molecule has 3 heterocycles. The van der Waals surface area contributed by atoms with Crippen LogP contribution in [0.4, 0.5) is 5.69 Å². The molecule has 1 fully saturated rings. The molecule has 1 aliphatic heterocycles. The molecule has 0 radical (unpaired) electrons. The van der Waals surface area contributed by atoms with E-state index in [4.69, 9.17) is 0 Å². The number of sulfonamides is 1. The van der Waals surface area contributed by atoms with Crippen LogP contribution in [0, 0.1) is 11.8 Å². The second-order valence-corrected chi connectivity index (χ2v) is 9.77. The summed E-state index contributed by atoms with van der Waals surface area (Å²) in [4.78, 5) is 21.1. The number of benzene rings is 1. The van der Waals surface area contributed by atoms with E-state index in [1.54, 1.807) is 35.2 Å². The Morgan fingerprint density at radius 2 is 2.18 bits per heavy atom. The molecule has 2 atom stereocenters. The van der Waals surface area contributed by atoms with Crippen molar-refractivity contribution in [2.75, 3.05) is 18.4 Å². The van der Waals surface area contributed by atoms with Gasteiger partial charge < -0.3 is 5.32 Å². The minimum atomic E-state index is -3.59. The maximum Gasteiger partial charge on any atom is 0.244 e. The number of rotatable bonds is 4. The molecular weight excluding hydrogens is 396 g/mol. The SMILES string of the molecule is C[C@@H]1CN(S(=O)(=O)c2cccnc2)CC[C@H]1C(=O)Nc1ccc2scnc2c1. The van der Waals surface area contributed by atoms with E-state index in [0.717, 1.165) is 10.2 Å². The molecule has 0 aliphatic carbocycles. The third-order valence-corrected chi connectivity index (χ3v) is 7.73. The van der Waals surface area contributed by atoms with Gasteiger partial charge in [0, 0.05) is 37.1 Å². The lowest BCUT2D eigenvalue weighted by Gasteiger charge is -2.35. The molecule has 4 rings (SSSR count). The number of anilines is 1. The molecule has 1 aromatic carbocycles. The lowest BCUT2D eigenvalue weighted by molar-refractivity contribution is -0.122. The molecule has 0 saturated carbocycles. The van der Waals surface area contributed by atoms with Crippen LogP contribution in [0.15, 0.2) is 53.1 Å². The van der Waals surface area contributed by atoms with Gasteiger partial charge in [-0.3, -0.25) is 9.78 Å². The Bertz CT molecular complexity index is 1100. The monoisotopic (exact) mass is 416 g/mol. The van der Waals surface area contributed by atoms with E-state index in [9.17, 15) is 13.2 Å². The number of hydrogen-bond donors (Lipinski definition) is 1. The van der Waals surface area contributed by atoms with E-state index >= 15 is 0 Å². The van der Waals surface area contributed by atoms with Crippen LogP contribution in [0.5, 0.6) is 0 Å². The summed E-state index contributed by atoms with van der Waals surface area (Å²) in [6.07, 6.45) is 3.38. The van der Waals surface area contributed by atoms with Gasteiger partial charge in [0.2, 0.25) is 15.9 Å². The summed E-state index contributed by atoms with van der Waals surface area (Å²) in [5, 5.41) is 2.96. The van der Waals surface area contributed by atoms with Crippen molar-refractivity contribution in [3.05, 3.63) is 48.2 Å². The van der Waals surface area contributed by atoms with Gasteiger partial charge in [-0.25, -0.2) is 13.4 Å². The third-order valence-electron chi connectivity index (χ3n) is 5.07. The minimum Gasteiger partial charge on any atom is -0.326 e. The lowest BCUT2D eigenvalue weighted by atomic mass is 9.87. The van der Waals surface area contributed by atoms with E-state index in [1.165, 1.54) is 10.5 Å². The van der Waals surface area contributed by atoms with Crippen LogP contribution in [0.1, 0.15) is 13.3 Å². The predicted octanol–water partition coefficient (Wildman–Crippen LogP) is 2.98. The molecular formula is C19H20N4O3S2. The fourth-order valence-corrected chi connectivity index (χ4v) is 5.71. The zero-order chi connectivity index (χ0) is 19.7. The second kappa shape index (κ2) is 7.57. The zero-order valence-electron chi connectivity index (χ0n) is 15.3. The molecule has 9 heteroatoms. The first-order chi connectivity index (χ1) is 13.4. The molecule has 0 unspecified atom stereocenters. The summed E-state index contributed by atoms with van der Waals surface area (Å²) >= 11 is 1.55. The van der Waals surface area contributed by atoms with Crippen LogP contribution >= 0.6 is 11.3 Å². The number of nitrogens with zero attached hydrogens (tertiary/aromatic N) is 3. The molecule has 28 heavy (non-hydrogen) atoms. The van der Waals surface area contributed by atoms with Gasteiger partial charge in [-0.1, -0.05) is 6.92 Å². The van der Waals surface area contributed by atoms with Crippen LogP contribution in [0.25, 0.3) is 10.2 Å². The Hall–Kier alpha value is -2.36. The summed E-state index contributed by atoms with van der Waals surface area (Å²) in [6.45, 7) is 2.53. The van der Waals surface area contributed by atoms with Crippen molar-refractivity contribution < 1.29 is 13.2 Å². The van der Waals surface area contributed by atoms with Crippen molar-refractivity contribution in [3.63, 3.8) is 0 Å². The number of carbonyl (C=O) groups excluding carboxylic acids is 1. The molecule has 1 aliphatic rings. The topological polar surface area (TPSA) is 92.3 Å². The first-order valence-electron chi connectivity index (χ1n) is 8.99. The maximum atomic E-state index is 12.8. The van der Waals surface area contributed by atoms with Crippen molar-refractivity contribution in [2.45, 2.75) is 18.2 Å². The van der Waals surface area contributed by atoms with Crippen molar-refractivity contribution in [1.82, 2.24) is 14.3 Å². The molecule has 3 aromatic rings. The minimum absolute atomic E-state index is 0.0829. The zero-order valence-corrected chi connectivity index (χ0v) is 16.9. The Kier molecular flexibility index (Phi) is 5.13. The van der Waals surface area contributed by atoms with E-state index in [0.29, 0.717) is 25.2 Å². The normalized spacial score (nSPS) is 20.9. The van der Waals surface area contributed by atoms with Gasteiger partial charge in [0.15, 0.2) is 0 Å². The Balaban J connectivity index is 1.44. The van der Waals surface area contributed by atoms with E-state index < -0.39 is 10.0 Å². The Labute approximate surface area is 167 Å². The van der Waals surface area contributed by atoms with Crippen molar-refractivity contribution >= 4 is 43.2 Å². The van der Waals surface area contributed by atoms with E-state index in [1.807, 2.05) is 25.1 Å². The number of carbonyl (C=O) groups is 1. The summed E-state index contributed by atoms with van der Waals surface area (Å²) in [6, 6.07) is 8.81. The highest BCUT2D eigenvalue weighted by Crippen LogP contribution is 2.29. The second-order valence-electron chi connectivity index (χ2n) is 6.95. The molecule has 0 spiro atoms. The predicted molar refractivity (Wildman–Crippen MR) is 109 cm³/mol. The standard InChI is InChI=1S/C19H20N4O3S2/c1-13-11-23(28(25,26)15-3-2-7-20-10-15)8-6-16(13)19(24)22-14-4-5-18-17(9-14)21-12-27-18/h2-5,7,9-10,12-13,16H,6,8,11H2,1H3,(H,22,24)/t13-,16-/m1/s1. The van der Waals surface area contributed by atoms with Crippen molar-refractivity contribution in [1.29, 1.82) is 0 Å². The molecule has 0 bridgehead atoms. The summed E-state index contributed by atoms with van der Waals surface area (Å²) in [5.74, 6) is -0.421. The molecule has 7 nitrogen and oxygen atoms in total. The van der Waals surface area contributed by atoms with Gasteiger partial charge in [0.05, 0.1) is 15.7 Å². The Morgan fingerprint density at radius 1 is 1.32 bits per heavy atom. The third kappa shape index (κ3) is 3.65. The van der Waals surface area contributed by atoms with Crippen LogP contribution in [-0.4, -0.2) is 41.7 Å². The highest BCUT2D eigenvalue weighted by atomic mass is 32.2. The first-order valence-corrected chi connectivity index (χ1v) is 11.3. The van der Waals surface area contributed by atoms with Gasteiger partial charge in [-0.2, -0.15) is 4.31 Å². The number of hydrogen-bond acceptors (Lipinski definition) is 6. The molecule has 1 N–H and O–H groups in total. The van der Waals surface area contributed by atoms with Crippen LogP contribution < -0.4 is 5.32 Å². The van der Waals surface area contributed by atoms with Crippen LogP contribution in [0.2, 0.25) is 0 Å². The molecule has 146 valence electrons. The van der Waals surface area contributed by atoms with Crippen LogP contribution in [-0.2, 0) is 14.8 Å². The van der Waals surface area contributed by atoms with E-state index in [2.05, 4.69) is 15.3 Å². The number of pyridine rings is 1. The van der Waals surface area contributed by atoms with Gasteiger partial charge in [-0.15, -0.1) is 11.3 Å². The number of nitrogens with one attached hydrogen (secondary N) is 1. The fourth-order valence-electron chi connectivity index (χ4n) is 3.53. The molecule has 1 saturated heterocycles. The number of thiazole rings is 1. The summed E-state index contributed by atoms with van der Waals surface area (Å²) in [7, 11) is -3.59. The Morgan fingerprint density at radius 3 is 2.93 bits per heavy atom. The van der Waals surface area contributed by atoms with Crippen molar-refractivity contribution in [2.24, 2.45) is 11.8 Å². The van der Waals surface area contributed by atoms with E-state index in [-0.39, 0.29) is 22.6 Å². The highest BCUT2D eigenvalue weighted by molar-refractivity contribution is 7.89. The number of aromatic nitrogens is 2. The number of piperidine rings is 1. The smallest absolute Gasteiger partial charge is 0.244 e. The van der Waals surface area contributed by atoms with Gasteiger partial charge in [0.1, 0.15) is 4.90 Å². The number of fused-ring (bicyclic) bond motifs is 1. The van der Waals surface area contributed by atoms with Gasteiger partial charge in [-0.05, 0) is 42.7 Å². The number of amides is 1. The van der Waals surface area contributed by atoms with Gasteiger partial charge >= 0.3 is 0 Å².